The van der Waals surface area contributed by atoms with Gasteiger partial charge in [-0.3, -0.25) is 0 Å². The number of aromatic nitrogens is 3. The zero-order chi connectivity index (χ0) is 18.1. The van der Waals surface area contributed by atoms with Gasteiger partial charge < -0.3 is 4.98 Å². The second-order valence-electron chi connectivity index (χ2n) is 5.58. The van der Waals surface area contributed by atoms with E-state index in [1.54, 1.807) is 30.7 Å². The minimum Gasteiger partial charge on any atom is -0.345 e. The van der Waals surface area contributed by atoms with Crippen LogP contribution in [-0.2, 0) is 6.18 Å². The van der Waals surface area contributed by atoms with E-state index in [9.17, 15) is 13.2 Å². The summed E-state index contributed by atoms with van der Waals surface area (Å²) >= 11 is 1.44. The van der Waals surface area contributed by atoms with Crippen LogP contribution in [0.5, 0.6) is 0 Å². The highest BCUT2D eigenvalue weighted by atomic mass is 32.2. The maximum atomic E-state index is 13.1. The number of halogens is 3. The van der Waals surface area contributed by atoms with E-state index < -0.39 is 11.7 Å². The molecule has 1 N–H and O–H groups in total. The summed E-state index contributed by atoms with van der Waals surface area (Å²) in [5, 5.41) is 1.58. The number of hydrogen-bond donors (Lipinski definition) is 1. The Kier molecular flexibility index (Phi) is 4.16. The fourth-order valence-corrected chi connectivity index (χ4v) is 3.64. The molecule has 0 spiro atoms. The number of H-pyrrole nitrogens is 1. The summed E-state index contributed by atoms with van der Waals surface area (Å²) in [6, 6.07) is 12.7. The molecule has 0 saturated heterocycles. The van der Waals surface area contributed by atoms with Gasteiger partial charge in [0.15, 0.2) is 0 Å². The Morgan fingerprint density at radius 1 is 0.923 bits per heavy atom. The lowest BCUT2D eigenvalue weighted by Gasteiger charge is -2.10. The highest BCUT2D eigenvalue weighted by Gasteiger charge is 2.30. The van der Waals surface area contributed by atoms with Crippen LogP contribution in [0.4, 0.5) is 13.2 Å². The number of aromatic amines is 1. The molecule has 0 saturated carbocycles. The molecule has 7 heteroatoms. The first-order valence-electron chi connectivity index (χ1n) is 7.75. The van der Waals surface area contributed by atoms with Gasteiger partial charge in [-0.05, 0) is 41.5 Å². The Hall–Kier alpha value is -2.80. The highest BCUT2D eigenvalue weighted by molar-refractivity contribution is 7.99. The average Bonchev–Trinajstić information content (AvgIpc) is 3.05. The highest BCUT2D eigenvalue weighted by Crippen LogP contribution is 2.39. The SMILES string of the molecule is FC(F)(F)c1cccc(-c2ccnc3[nH]cc(Sc4ccccn4)c23)c1. The summed E-state index contributed by atoms with van der Waals surface area (Å²) in [5.74, 6) is 0. The third-order valence-corrected chi connectivity index (χ3v) is 4.88. The molecule has 0 unspecified atom stereocenters. The van der Waals surface area contributed by atoms with Crippen LogP contribution < -0.4 is 0 Å². The Balaban J connectivity index is 1.85. The summed E-state index contributed by atoms with van der Waals surface area (Å²) < 4.78 is 39.2. The Labute approximate surface area is 151 Å². The largest absolute Gasteiger partial charge is 0.416 e. The van der Waals surface area contributed by atoms with E-state index in [-0.39, 0.29) is 0 Å². The van der Waals surface area contributed by atoms with Crippen molar-refractivity contribution in [1.29, 1.82) is 0 Å². The number of nitrogens with zero attached hydrogens (tertiary/aromatic N) is 2. The predicted octanol–water partition coefficient (Wildman–Crippen LogP) is 5.79. The van der Waals surface area contributed by atoms with Crippen LogP contribution in [0, 0.1) is 0 Å². The molecule has 0 fully saturated rings. The van der Waals surface area contributed by atoms with E-state index in [0.717, 1.165) is 27.4 Å². The van der Waals surface area contributed by atoms with Crippen molar-refractivity contribution in [3.05, 3.63) is 72.7 Å². The van der Waals surface area contributed by atoms with Gasteiger partial charge in [-0.1, -0.05) is 30.0 Å². The topological polar surface area (TPSA) is 41.6 Å². The molecule has 3 heterocycles. The second-order valence-corrected chi connectivity index (χ2v) is 6.65. The first kappa shape index (κ1) is 16.7. The first-order chi connectivity index (χ1) is 12.5. The molecule has 3 nitrogen and oxygen atoms in total. The van der Waals surface area contributed by atoms with Crippen LogP contribution in [0.3, 0.4) is 0 Å². The van der Waals surface area contributed by atoms with Crippen molar-refractivity contribution in [1.82, 2.24) is 15.0 Å². The Bertz CT molecular complexity index is 1060. The van der Waals surface area contributed by atoms with Crippen molar-refractivity contribution < 1.29 is 13.2 Å². The van der Waals surface area contributed by atoms with Crippen LogP contribution in [0.25, 0.3) is 22.2 Å². The number of alkyl halides is 3. The number of hydrogen-bond acceptors (Lipinski definition) is 3. The predicted molar refractivity (Wildman–Crippen MR) is 94.9 cm³/mol. The normalized spacial score (nSPS) is 11.8. The second kappa shape index (κ2) is 6.49. The molecule has 0 amide bonds. The molecule has 0 aliphatic heterocycles. The molecule has 4 aromatic rings. The molecule has 130 valence electrons. The fraction of sp³-hybridized carbons (Fsp3) is 0.0526. The zero-order valence-corrected chi connectivity index (χ0v) is 14.1. The minimum atomic E-state index is -4.38. The van der Waals surface area contributed by atoms with Gasteiger partial charge in [0.2, 0.25) is 0 Å². The summed E-state index contributed by atoms with van der Waals surface area (Å²) in [4.78, 5) is 12.5. The molecular weight excluding hydrogens is 359 g/mol. The molecule has 0 bridgehead atoms. The third kappa shape index (κ3) is 3.17. The van der Waals surface area contributed by atoms with E-state index in [1.807, 2.05) is 18.2 Å². The smallest absolute Gasteiger partial charge is 0.345 e. The van der Waals surface area contributed by atoms with Gasteiger partial charge in [0.05, 0.1) is 5.56 Å². The number of rotatable bonds is 3. The summed E-state index contributed by atoms with van der Waals surface area (Å²) in [6.45, 7) is 0. The molecule has 26 heavy (non-hydrogen) atoms. The molecular formula is C19H12F3N3S. The summed E-state index contributed by atoms with van der Waals surface area (Å²) in [7, 11) is 0. The van der Waals surface area contributed by atoms with Crippen molar-refractivity contribution in [2.24, 2.45) is 0 Å². The molecule has 1 aromatic carbocycles. The number of benzene rings is 1. The third-order valence-electron chi connectivity index (χ3n) is 3.89. The van der Waals surface area contributed by atoms with Gasteiger partial charge in [-0.25, -0.2) is 9.97 Å². The van der Waals surface area contributed by atoms with Gasteiger partial charge in [-0.2, -0.15) is 13.2 Å². The van der Waals surface area contributed by atoms with Gasteiger partial charge in [0, 0.05) is 28.9 Å². The van der Waals surface area contributed by atoms with Gasteiger partial charge in [0.25, 0.3) is 0 Å². The Morgan fingerprint density at radius 3 is 2.58 bits per heavy atom. The van der Waals surface area contributed by atoms with Crippen LogP contribution in [-0.4, -0.2) is 15.0 Å². The van der Waals surface area contributed by atoms with E-state index in [4.69, 9.17) is 0 Å². The minimum absolute atomic E-state index is 0.495. The van der Waals surface area contributed by atoms with Gasteiger partial charge in [-0.15, -0.1) is 0 Å². The van der Waals surface area contributed by atoms with Crippen LogP contribution in [0.2, 0.25) is 0 Å². The molecule has 4 rings (SSSR count). The molecule has 0 atom stereocenters. The first-order valence-corrected chi connectivity index (χ1v) is 8.56. The lowest BCUT2D eigenvalue weighted by atomic mass is 10.0. The standard InChI is InChI=1S/C19H12F3N3S/c20-19(21,22)13-5-3-4-12(10-13)14-7-9-24-18-17(14)15(11-25-18)26-16-6-1-2-8-23-16/h1-11H,(H,24,25). The quantitative estimate of drug-likeness (QED) is 0.495. The van der Waals surface area contributed by atoms with Crippen molar-refractivity contribution in [2.75, 3.05) is 0 Å². The number of fused-ring (bicyclic) bond motifs is 1. The Morgan fingerprint density at radius 2 is 1.81 bits per heavy atom. The van der Waals surface area contributed by atoms with Crippen molar-refractivity contribution in [3.8, 4) is 11.1 Å². The van der Waals surface area contributed by atoms with E-state index in [2.05, 4.69) is 15.0 Å². The van der Waals surface area contributed by atoms with E-state index >= 15 is 0 Å². The van der Waals surface area contributed by atoms with E-state index in [1.165, 1.54) is 17.8 Å². The lowest BCUT2D eigenvalue weighted by Crippen LogP contribution is -2.04. The van der Waals surface area contributed by atoms with Crippen molar-refractivity contribution in [3.63, 3.8) is 0 Å². The van der Waals surface area contributed by atoms with E-state index in [0.29, 0.717) is 16.8 Å². The monoisotopic (exact) mass is 371 g/mol. The van der Waals surface area contributed by atoms with Gasteiger partial charge >= 0.3 is 6.18 Å². The molecule has 0 radical (unpaired) electrons. The fourth-order valence-electron chi connectivity index (χ4n) is 2.73. The van der Waals surface area contributed by atoms with Crippen LogP contribution in [0.1, 0.15) is 5.56 Å². The number of pyridine rings is 2. The van der Waals surface area contributed by atoms with Crippen molar-refractivity contribution >= 4 is 22.8 Å². The van der Waals surface area contributed by atoms with Crippen LogP contribution in [0.15, 0.2) is 77.0 Å². The van der Waals surface area contributed by atoms with Gasteiger partial charge in [0.1, 0.15) is 10.7 Å². The van der Waals surface area contributed by atoms with Crippen LogP contribution >= 0.6 is 11.8 Å². The maximum Gasteiger partial charge on any atom is 0.416 e. The maximum absolute atomic E-state index is 13.1. The molecule has 0 aliphatic carbocycles. The molecule has 3 aromatic heterocycles. The van der Waals surface area contributed by atoms with Crippen molar-refractivity contribution in [2.45, 2.75) is 16.1 Å². The number of nitrogens with one attached hydrogen (secondary N) is 1. The lowest BCUT2D eigenvalue weighted by molar-refractivity contribution is -0.137. The average molecular weight is 371 g/mol. The zero-order valence-electron chi connectivity index (χ0n) is 13.3. The molecule has 0 aliphatic rings. The summed E-state index contributed by atoms with van der Waals surface area (Å²) in [6.07, 6.45) is 0.701. The summed E-state index contributed by atoms with van der Waals surface area (Å²) in [5.41, 5.74) is 1.14.